The molecule has 1 atom stereocenters. The molecule has 2 rings (SSSR count). The summed E-state index contributed by atoms with van der Waals surface area (Å²) in [6.07, 6.45) is -0.147. The number of carbonyl (C=O) groups is 1. The van der Waals surface area contributed by atoms with Gasteiger partial charge in [0, 0.05) is 33.6 Å². The first-order chi connectivity index (χ1) is 12.6. The third-order valence-corrected chi connectivity index (χ3v) is 4.60. The van der Waals surface area contributed by atoms with Crippen molar-refractivity contribution in [3.05, 3.63) is 62.5 Å². The van der Waals surface area contributed by atoms with Gasteiger partial charge in [0.25, 0.3) is 5.69 Å². The van der Waals surface area contributed by atoms with Crippen LogP contribution in [0, 0.1) is 15.0 Å². The summed E-state index contributed by atoms with van der Waals surface area (Å²) in [4.78, 5) is 33.2. The van der Waals surface area contributed by atoms with Gasteiger partial charge in [0.1, 0.15) is 0 Å². The summed E-state index contributed by atoms with van der Waals surface area (Å²) < 4.78 is 0.468. The molecule has 0 aromatic heterocycles. The summed E-state index contributed by atoms with van der Waals surface area (Å²) in [5.74, 6) is -1.79. The van der Waals surface area contributed by atoms with Crippen molar-refractivity contribution in [1.82, 2.24) is 0 Å². The number of hydrogen-bond acceptors (Lipinski definition) is 6. The molecule has 0 saturated heterocycles. The van der Waals surface area contributed by atoms with E-state index < -0.39 is 27.7 Å². The maximum atomic E-state index is 11.7. The van der Waals surface area contributed by atoms with Gasteiger partial charge in [-0.2, -0.15) is 0 Å². The van der Waals surface area contributed by atoms with E-state index in [-0.39, 0.29) is 24.3 Å². The zero-order valence-electron chi connectivity index (χ0n) is 14.7. The maximum Gasteiger partial charge on any atom is 0.310 e. The number of nitrogens with zero attached hydrogens (tertiary/aromatic N) is 2. The van der Waals surface area contributed by atoms with E-state index in [1.807, 2.05) is 0 Å². The molecule has 9 nitrogen and oxygen atoms in total. The number of carboxylic acids is 1. The maximum absolute atomic E-state index is 11.7. The summed E-state index contributed by atoms with van der Waals surface area (Å²) in [6, 6.07) is 8.09. The largest absolute Gasteiger partial charge is 0.502 e. The minimum atomic E-state index is -1.05. The van der Waals surface area contributed by atoms with E-state index in [4.69, 9.17) is 5.11 Å². The lowest BCUT2D eigenvalue weighted by molar-refractivity contribution is -0.429. The third-order valence-electron chi connectivity index (χ3n) is 4.60. The molecule has 0 fully saturated rings. The fourth-order valence-corrected chi connectivity index (χ4v) is 2.94. The smallest absolute Gasteiger partial charge is 0.310 e. The van der Waals surface area contributed by atoms with Gasteiger partial charge in [0.2, 0.25) is 0 Å². The first kappa shape index (κ1) is 19.8. The van der Waals surface area contributed by atoms with Gasteiger partial charge in [-0.3, -0.25) is 14.9 Å². The normalized spacial score (nSPS) is 13.0. The van der Waals surface area contributed by atoms with Gasteiger partial charge < -0.3 is 15.3 Å². The van der Waals surface area contributed by atoms with Crippen LogP contribution in [-0.4, -0.2) is 38.0 Å². The second-order valence-electron chi connectivity index (χ2n) is 6.39. The number of nitro groups is 1. The predicted molar refractivity (Wildman–Crippen MR) is 95.4 cm³/mol. The molecule has 142 valence electrons. The van der Waals surface area contributed by atoms with Gasteiger partial charge in [-0.25, -0.2) is 0 Å². The molecular weight excluding hydrogens is 356 g/mol. The minimum absolute atomic E-state index is 0.0117. The van der Waals surface area contributed by atoms with Crippen LogP contribution in [0.25, 0.3) is 0 Å². The fraction of sp³-hybridized carbons (Fsp3) is 0.278. The molecule has 0 spiro atoms. The van der Waals surface area contributed by atoms with Gasteiger partial charge in [0.15, 0.2) is 18.5 Å². The average Bonchev–Trinajstić information content (AvgIpc) is 2.59. The summed E-state index contributed by atoms with van der Waals surface area (Å²) in [5.41, 5.74) is -0.635. The molecule has 0 aliphatic carbocycles. The number of hydrogen-bond donors (Lipinski definition) is 3. The first-order valence-electron chi connectivity index (χ1n) is 8.00. The molecular formula is C18H19N2O7+. The summed E-state index contributed by atoms with van der Waals surface area (Å²) in [7, 11) is 1.21. The van der Waals surface area contributed by atoms with Crippen molar-refractivity contribution in [2.24, 2.45) is 0 Å². The number of rotatable bonds is 7. The highest BCUT2D eigenvalue weighted by atomic mass is 16.6. The number of carboxylic acid groups (broad SMARTS) is 1. The fourth-order valence-electron chi connectivity index (χ4n) is 2.94. The van der Waals surface area contributed by atoms with Gasteiger partial charge in [-0.05, 0) is 29.7 Å². The van der Waals surface area contributed by atoms with Gasteiger partial charge in [-0.15, -0.1) is 0 Å². The van der Waals surface area contributed by atoms with Crippen molar-refractivity contribution in [2.45, 2.75) is 25.2 Å². The quantitative estimate of drug-likeness (QED) is 0.383. The molecule has 3 N–H and O–H groups in total. The average molecular weight is 375 g/mol. The van der Waals surface area contributed by atoms with E-state index in [0.29, 0.717) is 15.9 Å². The Bertz CT molecular complexity index is 860. The van der Waals surface area contributed by atoms with Crippen molar-refractivity contribution >= 4 is 17.3 Å². The number of nitro benzene ring substituents is 1. The van der Waals surface area contributed by atoms with Crippen molar-refractivity contribution < 1.29 is 29.8 Å². The summed E-state index contributed by atoms with van der Waals surface area (Å²) >= 11 is 0. The van der Waals surface area contributed by atoms with Gasteiger partial charge in [0.05, 0.1) is 4.92 Å². The molecule has 2 aromatic rings. The topological polar surface area (TPSA) is 141 Å². The van der Waals surface area contributed by atoms with E-state index >= 15 is 0 Å². The zero-order valence-corrected chi connectivity index (χ0v) is 14.7. The van der Waals surface area contributed by atoms with Gasteiger partial charge in [-0.1, -0.05) is 19.1 Å². The van der Waals surface area contributed by atoms with E-state index in [0.717, 1.165) is 0 Å². The van der Waals surface area contributed by atoms with Crippen LogP contribution in [0.3, 0.4) is 0 Å². The molecule has 1 unspecified atom stereocenters. The van der Waals surface area contributed by atoms with Crippen molar-refractivity contribution in [3.63, 3.8) is 0 Å². The molecule has 0 aliphatic heterocycles. The van der Waals surface area contributed by atoms with Crippen LogP contribution < -0.4 is 0 Å². The Balaban J connectivity index is 2.68. The Morgan fingerprint density at radius 3 is 1.96 bits per heavy atom. The summed E-state index contributed by atoms with van der Waals surface area (Å²) in [6.45, 7) is 1.69. The van der Waals surface area contributed by atoms with E-state index in [2.05, 4.69) is 0 Å². The van der Waals surface area contributed by atoms with Gasteiger partial charge >= 0.3 is 11.7 Å². The van der Waals surface area contributed by atoms with Crippen molar-refractivity contribution in [1.29, 1.82) is 0 Å². The van der Waals surface area contributed by atoms with E-state index in [1.54, 1.807) is 6.92 Å². The third kappa shape index (κ3) is 4.02. The van der Waals surface area contributed by atoms with E-state index in [1.165, 1.54) is 43.4 Å². The monoisotopic (exact) mass is 375 g/mol. The lowest BCUT2D eigenvalue weighted by atomic mass is 9.72. The van der Waals surface area contributed by atoms with Crippen LogP contribution in [0.5, 0.6) is 11.5 Å². The zero-order chi connectivity index (χ0) is 20.4. The Morgan fingerprint density at radius 2 is 1.52 bits per heavy atom. The van der Waals surface area contributed by atoms with Crippen LogP contribution in [0.15, 0.2) is 36.4 Å². The number of benzene rings is 2. The van der Waals surface area contributed by atoms with Crippen LogP contribution in [-0.2, 0) is 10.2 Å². The molecule has 0 aliphatic rings. The number of aromatic hydroxyl groups is 2. The Kier molecular flexibility index (Phi) is 5.44. The molecule has 0 saturated carbocycles. The molecule has 9 heteroatoms. The SMILES string of the molecule is C[N+](=O)c1cc(C(C)(CCC(=O)O)c2ccc(O)c([N+](=O)[O-])c2)ccc1O. The molecule has 0 heterocycles. The molecule has 0 radical (unpaired) electrons. The van der Waals surface area contributed by atoms with Crippen molar-refractivity contribution in [3.8, 4) is 11.5 Å². The Morgan fingerprint density at radius 1 is 1.04 bits per heavy atom. The van der Waals surface area contributed by atoms with Crippen LogP contribution >= 0.6 is 0 Å². The van der Waals surface area contributed by atoms with E-state index in [9.17, 15) is 30.0 Å². The summed E-state index contributed by atoms with van der Waals surface area (Å²) in [5, 5.41) is 39.8. The molecule has 0 amide bonds. The minimum Gasteiger partial charge on any atom is -0.502 e. The Hall–Kier alpha value is -3.49. The van der Waals surface area contributed by atoms with Crippen LogP contribution in [0.1, 0.15) is 30.9 Å². The lowest BCUT2D eigenvalue weighted by Gasteiger charge is -2.30. The lowest BCUT2D eigenvalue weighted by Crippen LogP contribution is -2.25. The highest BCUT2D eigenvalue weighted by molar-refractivity contribution is 5.67. The molecule has 2 aromatic carbocycles. The van der Waals surface area contributed by atoms with Crippen LogP contribution in [0.2, 0.25) is 0 Å². The number of aliphatic carboxylic acids is 1. The highest BCUT2D eigenvalue weighted by Gasteiger charge is 2.33. The second-order valence-corrected chi connectivity index (χ2v) is 6.39. The number of nitroso groups, excluding NO2 is 1. The second kappa shape index (κ2) is 7.40. The first-order valence-corrected chi connectivity index (χ1v) is 8.00. The standard InChI is InChI=1S/C18H18N2O7/c1-18(8-7-17(23)24,11-3-5-15(21)13(9-11)19(2)25)12-4-6-16(22)14(10-12)20(26)27/h3-6,9-10H,7-8H2,1-2H3,(H2-,21,22,23,24,25)/p+1. The van der Waals surface area contributed by atoms with Crippen molar-refractivity contribution in [2.75, 3.05) is 7.05 Å². The number of phenolic OH excluding ortho intramolecular Hbond substituents is 2. The highest BCUT2D eigenvalue weighted by Crippen LogP contribution is 2.42. The Labute approximate surface area is 154 Å². The van der Waals surface area contributed by atoms with Crippen LogP contribution in [0.4, 0.5) is 11.4 Å². The predicted octanol–water partition coefficient (Wildman–Crippen LogP) is 3.22. The number of phenols is 2. The molecule has 0 bridgehead atoms. The molecule has 27 heavy (non-hydrogen) atoms.